The van der Waals surface area contributed by atoms with Crippen LogP contribution in [0.3, 0.4) is 0 Å². The molecular formula is C13H16N2O4. The van der Waals surface area contributed by atoms with Crippen LogP contribution in [0.25, 0.3) is 0 Å². The monoisotopic (exact) mass is 264 g/mol. The molecule has 0 aromatic heterocycles. The van der Waals surface area contributed by atoms with Gasteiger partial charge in [0.05, 0.1) is 0 Å². The quantitative estimate of drug-likeness (QED) is 0.762. The number of carbonyl (C=O) groups excluding carboxylic acids is 2. The molecule has 0 radical (unpaired) electrons. The van der Waals surface area contributed by atoms with Crippen LogP contribution in [0.4, 0.5) is 5.69 Å². The number of carbonyl (C=O) groups is 3. The molecule has 0 fully saturated rings. The lowest BCUT2D eigenvalue weighted by Crippen LogP contribution is -2.49. The van der Waals surface area contributed by atoms with Gasteiger partial charge in [-0.3, -0.25) is 9.59 Å². The largest absolute Gasteiger partial charge is 0.480 e. The lowest BCUT2D eigenvalue weighted by atomic mass is 10.1. The minimum Gasteiger partial charge on any atom is -0.480 e. The number of hydrogen-bond donors (Lipinski definition) is 3. The first kappa shape index (κ1) is 14.7. The van der Waals surface area contributed by atoms with Gasteiger partial charge in [-0.05, 0) is 38.1 Å². The van der Waals surface area contributed by atoms with Crippen LogP contribution in [0.1, 0.15) is 31.1 Å². The van der Waals surface area contributed by atoms with E-state index in [1.165, 1.54) is 32.9 Å². The summed E-state index contributed by atoms with van der Waals surface area (Å²) in [5.41, 5.74) is -0.446. The molecule has 1 rings (SSSR count). The van der Waals surface area contributed by atoms with Crippen molar-refractivity contribution in [1.82, 2.24) is 5.32 Å². The number of amides is 2. The summed E-state index contributed by atoms with van der Waals surface area (Å²) in [5.74, 6) is -1.80. The van der Waals surface area contributed by atoms with Crippen molar-refractivity contribution >= 4 is 23.5 Å². The number of anilines is 1. The van der Waals surface area contributed by atoms with Gasteiger partial charge < -0.3 is 15.7 Å². The zero-order valence-electron chi connectivity index (χ0n) is 11.0. The zero-order chi connectivity index (χ0) is 14.6. The summed E-state index contributed by atoms with van der Waals surface area (Å²) in [4.78, 5) is 33.6. The smallest absolute Gasteiger partial charge is 0.328 e. The average molecular weight is 264 g/mol. The van der Waals surface area contributed by atoms with E-state index in [4.69, 9.17) is 5.11 Å². The van der Waals surface area contributed by atoms with E-state index >= 15 is 0 Å². The Bertz CT molecular complexity index is 506. The molecule has 0 saturated carbocycles. The Balaban J connectivity index is 2.79. The maximum atomic E-state index is 11.8. The maximum absolute atomic E-state index is 11.8. The van der Waals surface area contributed by atoms with Crippen molar-refractivity contribution in [1.29, 1.82) is 0 Å². The predicted molar refractivity (Wildman–Crippen MR) is 69.9 cm³/mol. The van der Waals surface area contributed by atoms with Crippen molar-refractivity contribution in [2.75, 3.05) is 5.32 Å². The third-order valence-electron chi connectivity index (χ3n) is 2.43. The number of benzene rings is 1. The van der Waals surface area contributed by atoms with Crippen molar-refractivity contribution in [2.45, 2.75) is 26.3 Å². The fraction of sp³-hybridized carbons (Fsp3) is 0.308. The first-order valence-electron chi connectivity index (χ1n) is 5.66. The third kappa shape index (κ3) is 4.09. The van der Waals surface area contributed by atoms with Crippen molar-refractivity contribution in [3.8, 4) is 0 Å². The number of nitrogens with one attached hydrogen (secondary N) is 2. The van der Waals surface area contributed by atoms with Gasteiger partial charge in [-0.15, -0.1) is 0 Å². The standard InChI is InChI=1S/C13H16N2O4/c1-8(16)14-10-6-4-9(5-7-10)11(17)15-13(2,3)12(18)19/h4-7H,1-3H3,(H,14,16)(H,15,17)(H,18,19). The van der Waals surface area contributed by atoms with Crippen LogP contribution >= 0.6 is 0 Å². The zero-order valence-corrected chi connectivity index (χ0v) is 11.0. The summed E-state index contributed by atoms with van der Waals surface area (Å²) < 4.78 is 0. The fourth-order valence-electron chi connectivity index (χ4n) is 1.32. The minimum absolute atomic E-state index is 0.204. The van der Waals surface area contributed by atoms with Crippen molar-refractivity contribution in [2.24, 2.45) is 0 Å². The van der Waals surface area contributed by atoms with E-state index in [0.717, 1.165) is 0 Å². The van der Waals surface area contributed by atoms with E-state index in [1.54, 1.807) is 12.1 Å². The molecule has 0 aliphatic heterocycles. The summed E-state index contributed by atoms with van der Waals surface area (Å²) in [7, 11) is 0. The topological polar surface area (TPSA) is 95.5 Å². The molecule has 19 heavy (non-hydrogen) atoms. The van der Waals surface area contributed by atoms with E-state index in [0.29, 0.717) is 11.3 Å². The summed E-state index contributed by atoms with van der Waals surface area (Å²) >= 11 is 0. The van der Waals surface area contributed by atoms with Crippen molar-refractivity contribution < 1.29 is 19.5 Å². The van der Waals surface area contributed by atoms with Gasteiger partial charge in [0, 0.05) is 18.2 Å². The van der Waals surface area contributed by atoms with Crippen LogP contribution in [0, 0.1) is 0 Å². The van der Waals surface area contributed by atoms with Crippen LogP contribution in [-0.2, 0) is 9.59 Å². The molecule has 3 N–H and O–H groups in total. The summed E-state index contributed by atoms with van der Waals surface area (Å²) in [6, 6.07) is 6.17. The summed E-state index contributed by atoms with van der Waals surface area (Å²) in [6.45, 7) is 4.19. The van der Waals surface area contributed by atoms with Gasteiger partial charge in [0.1, 0.15) is 5.54 Å². The molecule has 0 bridgehead atoms. The molecule has 0 saturated heterocycles. The highest BCUT2D eigenvalue weighted by Gasteiger charge is 2.29. The van der Waals surface area contributed by atoms with Gasteiger partial charge in [0.2, 0.25) is 5.91 Å². The maximum Gasteiger partial charge on any atom is 0.328 e. The predicted octanol–water partition coefficient (Wildman–Crippen LogP) is 1.24. The van der Waals surface area contributed by atoms with Gasteiger partial charge >= 0.3 is 5.97 Å². The van der Waals surface area contributed by atoms with Gasteiger partial charge in [-0.1, -0.05) is 0 Å². The number of carboxylic acids is 1. The molecule has 0 unspecified atom stereocenters. The van der Waals surface area contributed by atoms with Crippen LogP contribution < -0.4 is 10.6 Å². The normalized spacial score (nSPS) is 10.7. The molecule has 0 aliphatic carbocycles. The molecule has 1 aromatic carbocycles. The molecule has 2 amide bonds. The number of aliphatic carboxylic acids is 1. The number of carboxylic acid groups (broad SMARTS) is 1. The Morgan fingerprint density at radius 2 is 1.63 bits per heavy atom. The Labute approximate surface area is 110 Å². The van der Waals surface area contributed by atoms with Crippen LogP contribution in [0.5, 0.6) is 0 Å². The highest BCUT2D eigenvalue weighted by atomic mass is 16.4. The van der Waals surface area contributed by atoms with Crippen LogP contribution in [0.2, 0.25) is 0 Å². The Morgan fingerprint density at radius 3 is 2.05 bits per heavy atom. The van der Waals surface area contributed by atoms with Crippen molar-refractivity contribution in [3.05, 3.63) is 29.8 Å². The van der Waals surface area contributed by atoms with E-state index in [-0.39, 0.29) is 5.91 Å². The molecule has 0 atom stereocenters. The summed E-state index contributed by atoms with van der Waals surface area (Å²) in [6.07, 6.45) is 0. The Kier molecular flexibility index (Phi) is 4.26. The molecule has 0 aliphatic rings. The third-order valence-corrected chi connectivity index (χ3v) is 2.43. The molecule has 0 spiro atoms. The first-order chi connectivity index (χ1) is 8.72. The van der Waals surface area contributed by atoms with Gasteiger partial charge in [-0.25, -0.2) is 4.79 Å². The van der Waals surface area contributed by atoms with E-state index < -0.39 is 17.4 Å². The second-order valence-electron chi connectivity index (χ2n) is 4.64. The second-order valence-corrected chi connectivity index (χ2v) is 4.64. The molecule has 102 valence electrons. The molecular weight excluding hydrogens is 248 g/mol. The second kappa shape index (κ2) is 5.51. The lowest BCUT2D eigenvalue weighted by Gasteiger charge is -2.21. The number of hydrogen-bond acceptors (Lipinski definition) is 3. The van der Waals surface area contributed by atoms with Gasteiger partial charge in [0.15, 0.2) is 0 Å². The van der Waals surface area contributed by atoms with Gasteiger partial charge in [0.25, 0.3) is 5.91 Å². The van der Waals surface area contributed by atoms with Crippen molar-refractivity contribution in [3.63, 3.8) is 0 Å². The number of rotatable bonds is 4. The van der Waals surface area contributed by atoms with Crippen LogP contribution in [-0.4, -0.2) is 28.4 Å². The minimum atomic E-state index is -1.34. The molecule has 1 aromatic rings. The molecule has 0 heterocycles. The van der Waals surface area contributed by atoms with Gasteiger partial charge in [-0.2, -0.15) is 0 Å². The summed E-state index contributed by atoms with van der Waals surface area (Å²) in [5, 5.41) is 13.9. The van der Waals surface area contributed by atoms with E-state index in [1.807, 2.05) is 0 Å². The highest BCUT2D eigenvalue weighted by molar-refractivity contribution is 5.98. The molecule has 6 nitrogen and oxygen atoms in total. The first-order valence-corrected chi connectivity index (χ1v) is 5.66. The SMILES string of the molecule is CC(=O)Nc1ccc(C(=O)NC(C)(C)C(=O)O)cc1. The molecule has 6 heteroatoms. The highest BCUT2D eigenvalue weighted by Crippen LogP contribution is 2.11. The average Bonchev–Trinajstić information content (AvgIpc) is 2.28. The lowest BCUT2D eigenvalue weighted by molar-refractivity contribution is -0.143. The Morgan fingerprint density at radius 1 is 1.11 bits per heavy atom. The van der Waals surface area contributed by atoms with E-state index in [2.05, 4.69) is 10.6 Å². The van der Waals surface area contributed by atoms with E-state index in [9.17, 15) is 14.4 Å². The Hall–Kier alpha value is -2.37. The van der Waals surface area contributed by atoms with Crippen LogP contribution in [0.15, 0.2) is 24.3 Å². The fourth-order valence-corrected chi connectivity index (χ4v) is 1.32.